The quantitative estimate of drug-likeness (QED) is 0.173. The Bertz CT molecular complexity index is 1870. The van der Waals surface area contributed by atoms with Gasteiger partial charge in [0.2, 0.25) is 0 Å². The number of methoxy groups -OCH3 is 2. The van der Waals surface area contributed by atoms with Crippen LogP contribution >= 0.6 is 0 Å². The summed E-state index contributed by atoms with van der Waals surface area (Å²) in [6.45, 7) is 0. The molecule has 4 aromatic rings. The van der Waals surface area contributed by atoms with Gasteiger partial charge in [0.05, 0.1) is 0 Å². The van der Waals surface area contributed by atoms with E-state index >= 15 is 0 Å². The second-order valence-corrected chi connectivity index (χ2v) is 33.4. The van der Waals surface area contributed by atoms with Crippen molar-refractivity contribution >= 4 is 12.2 Å². The molecule has 5 aliphatic carbocycles. The largest absolute Gasteiger partial charge is 1.00 e. The standard InChI is InChI=1S/2C21H21O.C6H10.2ClH.Hf/c2*1-22-19-11-9-16(10-12-19)20-8-4-7-17-13-18(14-21(17)20)15-5-2-3-6-15;1-2-4-6-5-3-1;;;/h2*4,7-15H,2-3,5-6H2,1H3;1-2H,3-6H2;2*1H;/q;;;;;+2/p-2. The van der Waals surface area contributed by atoms with Crippen molar-refractivity contribution in [2.75, 3.05) is 14.2 Å². The van der Waals surface area contributed by atoms with Crippen molar-refractivity contribution in [1.82, 2.24) is 0 Å². The van der Waals surface area contributed by atoms with Crippen molar-refractivity contribution in [3.63, 3.8) is 0 Å². The van der Waals surface area contributed by atoms with Gasteiger partial charge in [0.15, 0.2) is 0 Å². The fourth-order valence-corrected chi connectivity index (χ4v) is 48.1. The van der Waals surface area contributed by atoms with Gasteiger partial charge in [0.25, 0.3) is 0 Å². The number of allylic oxidation sites excluding steroid dienone is 2. The monoisotopic (exact) mass is 910 g/mol. The SMILES string of the molecule is COc1ccc(-c2cccc3c2C=C(C2CCCC2)[CH]3[Hf+2]2([CH]3C(C4CCCC4)=Cc4c(-c5ccc(OC)cc5)cccc43)[CH]3CCCC[CH]32)cc1.[Cl-].[Cl-]. The van der Waals surface area contributed by atoms with Crippen molar-refractivity contribution < 1.29 is 54.3 Å². The fraction of sp³-hybridized carbons (Fsp3) is 0.417. The normalized spacial score (nSPS) is 25.9. The summed E-state index contributed by atoms with van der Waals surface area (Å²) in [5.41, 5.74) is 15.9. The summed E-state index contributed by atoms with van der Waals surface area (Å²) < 4.78 is 14.6. The molecular formula is C48H52Cl2HfO2. The maximum absolute atomic E-state index is 5.58. The van der Waals surface area contributed by atoms with Crippen LogP contribution in [-0.4, -0.2) is 14.2 Å². The minimum Gasteiger partial charge on any atom is -1.00 e. The second kappa shape index (κ2) is 15.2. The molecule has 4 atom stereocenters. The molecule has 0 aromatic heterocycles. The van der Waals surface area contributed by atoms with Crippen LogP contribution in [0.25, 0.3) is 34.4 Å². The molecule has 53 heavy (non-hydrogen) atoms. The Balaban J connectivity index is 0.00000200. The first-order valence-electron chi connectivity index (χ1n) is 20.2. The van der Waals surface area contributed by atoms with Gasteiger partial charge in [0, 0.05) is 0 Å². The van der Waals surface area contributed by atoms with E-state index in [0.717, 1.165) is 30.7 Å². The van der Waals surface area contributed by atoms with Crippen molar-refractivity contribution in [1.29, 1.82) is 0 Å². The maximum Gasteiger partial charge on any atom is -1.00 e. The van der Waals surface area contributed by atoms with Gasteiger partial charge in [-0.3, -0.25) is 0 Å². The Kier molecular flexibility index (Phi) is 10.7. The van der Waals surface area contributed by atoms with Gasteiger partial charge in [0.1, 0.15) is 0 Å². The van der Waals surface area contributed by atoms with Crippen LogP contribution in [0.15, 0.2) is 96.1 Å². The average Bonchev–Trinajstić information content (AvgIpc) is 3.86. The van der Waals surface area contributed by atoms with Gasteiger partial charge in [-0.15, -0.1) is 0 Å². The van der Waals surface area contributed by atoms with E-state index < -0.39 is 20.0 Å². The van der Waals surface area contributed by atoms with Gasteiger partial charge < -0.3 is 24.8 Å². The van der Waals surface area contributed by atoms with Crippen LogP contribution in [0.5, 0.6) is 11.5 Å². The number of halogens is 2. The first kappa shape index (κ1) is 37.3. The van der Waals surface area contributed by atoms with E-state index in [-0.39, 0.29) is 24.8 Å². The molecule has 0 spiro atoms. The molecule has 0 bridgehead atoms. The van der Waals surface area contributed by atoms with Crippen LogP contribution in [0.2, 0.25) is 7.35 Å². The number of benzene rings is 4. The number of rotatable bonds is 8. The first-order chi connectivity index (χ1) is 25.2. The zero-order valence-corrected chi connectivity index (χ0v) is 36.4. The minimum atomic E-state index is -3.35. The molecule has 5 heteroatoms. The molecule has 1 heterocycles. The number of hydrogen-bond donors (Lipinski definition) is 0. The molecule has 4 unspecified atom stereocenters. The van der Waals surface area contributed by atoms with Gasteiger partial charge in [-0.2, -0.15) is 0 Å². The Hall–Kier alpha value is -2.59. The zero-order valence-electron chi connectivity index (χ0n) is 31.3. The predicted molar refractivity (Wildman–Crippen MR) is 208 cm³/mol. The van der Waals surface area contributed by atoms with E-state index in [0.29, 0.717) is 7.35 Å². The molecule has 1 aliphatic heterocycles. The minimum absolute atomic E-state index is 0. The Labute approximate surface area is 334 Å². The molecule has 4 fully saturated rings. The molecule has 0 N–H and O–H groups in total. The Morgan fingerprint density at radius 3 is 1.23 bits per heavy atom. The average molecular weight is 910 g/mol. The number of fused-ring (bicyclic) bond motifs is 3. The summed E-state index contributed by atoms with van der Waals surface area (Å²) in [5.74, 6) is 3.39. The summed E-state index contributed by atoms with van der Waals surface area (Å²) in [6, 6.07) is 32.6. The Morgan fingerprint density at radius 2 is 0.849 bits per heavy atom. The fourth-order valence-electron chi connectivity index (χ4n) is 12.5. The van der Waals surface area contributed by atoms with Crippen molar-refractivity contribution in [2.24, 2.45) is 11.8 Å². The topological polar surface area (TPSA) is 18.5 Å². The van der Waals surface area contributed by atoms with E-state index in [1.807, 2.05) is 11.1 Å². The van der Waals surface area contributed by atoms with E-state index in [1.54, 1.807) is 36.5 Å². The van der Waals surface area contributed by atoms with E-state index in [1.165, 1.54) is 99.3 Å². The number of ether oxygens (including phenoxy) is 2. The second-order valence-electron chi connectivity index (χ2n) is 16.7. The van der Waals surface area contributed by atoms with Gasteiger partial charge in [-0.1, -0.05) is 0 Å². The molecule has 0 amide bonds. The summed E-state index contributed by atoms with van der Waals surface area (Å²) in [5, 5.41) is 0. The van der Waals surface area contributed by atoms with E-state index in [9.17, 15) is 0 Å². The van der Waals surface area contributed by atoms with Gasteiger partial charge >= 0.3 is 311 Å². The zero-order chi connectivity index (χ0) is 34.1. The summed E-state index contributed by atoms with van der Waals surface area (Å²) in [4.78, 5) is 0. The predicted octanol–water partition coefficient (Wildman–Crippen LogP) is 7.32. The van der Waals surface area contributed by atoms with E-state index in [4.69, 9.17) is 9.47 Å². The molecule has 3 saturated carbocycles. The van der Waals surface area contributed by atoms with E-state index in [2.05, 4.69) is 97.1 Å². The first-order valence-corrected chi connectivity index (χ1v) is 28.5. The molecule has 0 radical (unpaired) electrons. The van der Waals surface area contributed by atoms with Crippen LogP contribution < -0.4 is 34.3 Å². The van der Waals surface area contributed by atoms with Crippen LogP contribution in [0, 0.1) is 11.8 Å². The Morgan fingerprint density at radius 1 is 0.472 bits per heavy atom. The third-order valence-electron chi connectivity index (χ3n) is 14.6. The summed E-state index contributed by atoms with van der Waals surface area (Å²) in [6.07, 6.45) is 22.6. The number of hydrogen-bond acceptors (Lipinski definition) is 2. The molecule has 1 saturated heterocycles. The smallest absolute Gasteiger partial charge is 1.00 e. The van der Waals surface area contributed by atoms with Crippen LogP contribution in [-0.2, 0) is 20.0 Å². The van der Waals surface area contributed by atoms with Crippen LogP contribution in [0.1, 0.15) is 107 Å². The molecule has 4 aromatic carbocycles. The third kappa shape index (κ3) is 5.97. The van der Waals surface area contributed by atoms with Crippen molar-refractivity contribution in [3.8, 4) is 33.8 Å². The van der Waals surface area contributed by atoms with Gasteiger partial charge in [-0.05, 0) is 0 Å². The van der Waals surface area contributed by atoms with Crippen LogP contribution in [0.3, 0.4) is 0 Å². The molecular weight excluding hydrogens is 858 g/mol. The summed E-state index contributed by atoms with van der Waals surface area (Å²) >= 11 is -3.35. The molecule has 2 nitrogen and oxygen atoms in total. The summed E-state index contributed by atoms with van der Waals surface area (Å²) in [7, 11) is 3.54. The molecule has 274 valence electrons. The van der Waals surface area contributed by atoms with Gasteiger partial charge in [-0.25, -0.2) is 0 Å². The third-order valence-corrected chi connectivity index (χ3v) is 39.2. The van der Waals surface area contributed by atoms with Crippen molar-refractivity contribution in [2.45, 2.75) is 91.7 Å². The molecule has 6 aliphatic rings. The van der Waals surface area contributed by atoms with Crippen LogP contribution in [0.4, 0.5) is 0 Å². The molecule has 10 rings (SSSR count). The maximum atomic E-state index is 5.58. The van der Waals surface area contributed by atoms with Crippen molar-refractivity contribution in [3.05, 3.63) is 118 Å².